The Morgan fingerprint density at radius 3 is 2.53 bits per heavy atom. The minimum absolute atomic E-state index is 0.618. The third kappa shape index (κ3) is 1.88. The minimum Gasteiger partial charge on any atom is -0.366 e. The first kappa shape index (κ1) is 11.2. The molecule has 0 aliphatic heterocycles. The number of fused-ring (bicyclic) bond motifs is 1. The van der Waals surface area contributed by atoms with Crippen molar-refractivity contribution in [2.24, 2.45) is 11.8 Å². The average molecular weight is 257 g/mol. The zero-order chi connectivity index (χ0) is 13.0. The van der Waals surface area contributed by atoms with E-state index in [2.05, 4.69) is 27.3 Å². The Morgan fingerprint density at radius 1 is 1.21 bits per heavy atom. The van der Waals surface area contributed by atoms with Crippen LogP contribution in [0.5, 0.6) is 0 Å². The van der Waals surface area contributed by atoms with Gasteiger partial charge in [-0.15, -0.1) is 0 Å². The minimum atomic E-state index is 0.618. The number of nitrogens with one attached hydrogen (secondary N) is 1. The van der Waals surface area contributed by atoms with Gasteiger partial charge in [-0.05, 0) is 51.4 Å². The highest BCUT2D eigenvalue weighted by Gasteiger charge is 2.42. The number of hydrogen-bond acceptors (Lipinski definition) is 4. The van der Waals surface area contributed by atoms with Crippen molar-refractivity contribution in [3.8, 4) is 0 Å². The van der Waals surface area contributed by atoms with E-state index in [1.165, 1.54) is 31.2 Å². The van der Waals surface area contributed by atoms with Gasteiger partial charge in [0.15, 0.2) is 0 Å². The van der Waals surface area contributed by atoms with Crippen molar-refractivity contribution < 1.29 is 0 Å². The zero-order valence-corrected chi connectivity index (χ0v) is 11.4. The fraction of sp³-hybridized carbons (Fsp3) is 0.643. The lowest BCUT2D eigenvalue weighted by atomic mass is 10.1. The molecule has 0 bridgehead atoms. The molecule has 0 amide bonds. The summed E-state index contributed by atoms with van der Waals surface area (Å²) >= 11 is 0. The SMILES string of the molecule is Cc1nc2ncnn2c(NC(C2CC2)C2CC2)c1C. The molecule has 100 valence electrons. The van der Waals surface area contributed by atoms with Crippen LogP contribution in [-0.2, 0) is 0 Å². The number of rotatable bonds is 4. The number of aryl methyl sites for hydroxylation is 1. The topological polar surface area (TPSA) is 55.1 Å². The van der Waals surface area contributed by atoms with Crippen LogP contribution in [0.4, 0.5) is 5.82 Å². The van der Waals surface area contributed by atoms with Crippen LogP contribution in [0.15, 0.2) is 6.33 Å². The molecule has 2 saturated carbocycles. The van der Waals surface area contributed by atoms with Crippen LogP contribution in [-0.4, -0.2) is 25.6 Å². The van der Waals surface area contributed by atoms with Gasteiger partial charge in [-0.1, -0.05) is 0 Å². The van der Waals surface area contributed by atoms with Crippen molar-refractivity contribution in [2.45, 2.75) is 45.6 Å². The molecule has 4 rings (SSSR count). The van der Waals surface area contributed by atoms with Crippen LogP contribution < -0.4 is 5.32 Å². The second kappa shape index (κ2) is 3.92. The van der Waals surface area contributed by atoms with Gasteiger partial charge in [0.2, 0.25) is 0 Å². The van der Waals surface area contributed by atoms with Gasteiger partial charge in [0.1, 0.15) is 12.1 Å². The standard InChI is InChI=1S/C14H19N5/c1-8-9(2)17-14-15-7-16-19(14)13(8)18-12(10-3-4-10)11-5-6-11/h7,10-12,18H,3-6H2,1-2H3. The Morgan fingerprint density at radius 2 is 1.89 bits per heavy atom. The molecule has 0 atom stereocenters. The normalized spacial score (nSPS) is 19.3. The lowest BCUT2D eigenvalue weighted by Gasteiger charge is -2.21. The number of anilines is 1. The van der Waals surface area contributed by atoms with Gasteiger partial charge < -0.3 is 5.32 Å². The Kier molecular flexibility index (Phi) is 2.31. The summed E-state index contributed by atoms with van der Waals surface area (Å²) in [6.45, 7) is 4.15. The zero-order valence-electron chi connectivity index (χ0n) is 11.4. The van der Waals surface area contributed by atoms with E-state index < -0.39 is 0 Å². The fourth-order valence-corrected chi connectivity index (χ4v) is 2.89. The molecule has 0 aromatic carbocycles. The van der Waals surface area contributed by atoms with Gasteiger partial charge in [0.05, 0.1) is 0 Å². The number of aromatic nitrogens is 4. The molecule has 19 heavy (non-hydrogen) atoms. The summed E-state index contributed by atoms with van der Waals surface area (Å²) in [5, 5.41) is 8.08. The van der Waals surface area contributed by atoms with Gasteiger partial charge in [-0.25, -0.2) is 4.98 Å². The largest absolute Gasteiger partial charge is 0.366 e. The Bertz CT molecular complexity index is 612. The lowest BCUT2D eigenvalue weighted by Crippen LogP contribution is -2.26. The van der Waals surface area contributed by atoms with Gasteiger partial charge >= 0.3 is 0 Å². The molecular weight excluding hydrogens is 238 g/mol. The molecule has 2 aromatic rings. The lowest BCUT2D eigenvalue weighted by molar-refractivity contribution is 0.562. The quantitative estimate of drug-likeness (QED) is 0.913. The summed E-state index contributed by atoms with van der Waals surface area (Å²) in [6.07, 6.45) is 7.07. The molecule has 0 radical (unpaired) electrons. The number of nitrogens with zero attached hydrogens (tertiary/aromatic N) is 4. The third-order valence-corrected chi connectivity index (χ3v) is 4.47. The summed E-state index contributed by atoms with van der Waals surface area (Å²) in [5.74, 6) is 3.50. The van der Waals surface area contributed by atoms with Crippen LogP contribution in [0.2, 0.25) is 0 Å². The molecule has 2 fully saturated rings. The van der Waals surface area contributed by atoms with E-state index in [1.807, 2.05) is 11.4 Å². The first-order valence-corrected chi connectivity index (χ1v) is 7.17. The summed E-state index contributed by atoms with van der Waals surface area (Å²) in [5.41, 5.74) is 2.22. The molecule has 2 aliphatic carbocycles. The maximum Gasteiger partial charge on any atom is 0.254 e. The van der Waals surface area contributed by atoms with Crippen LogP contribution in [0, 0.1) is 25.7 Å². The molecular formula is C14H19N5. The Hall–Kier alpha value is -1.65. The monoisotopic (exact) mass is 257 g/mol. The van der Waals surface area contributed by atoms with Crippen LogP contribution >= 0.6 is 0 Å². The van der Waals surface area contributed by atoms with Crippen molar-refractivity contribution >= 4 is 11.6 Å². The first-order valence-electron chi connectivity index (χ1n) is 7.17. The van der Waals surface area contributed by atoms with Crippen molar-refractivity contribution in [1.82, 2.24) is 19.6 Å². The van der Waals surface area contributed by atoms with Crippen LogP contribution in [0.25, 0.3) is 5.78 Å². The van der Waals surface area contributed by atoms with E-state index in [-0.39, 0.29) is 0 Å². The smallest absolute Gasteiger partial charge is 0.254 e. The number of hydrogen-bond donors (Lipinski definition) is 1. The average Bonchev–Trinajstić information content (AvgIpc) is 3.29. The highest BCUT2D eigenvalue weighted by atomic mass is 15.4. The van der Waals surface area contributed by atoms with Crippen molar-refractivity contribution in [3.05, 3.63) is 17.6 Å². The second-order valence-corrected chi connectivity index (χ2v) is 5.99. The van der Waals surface area contributed by atoms with Crippen LogP contribution in [0.3, 0.4) is 0 Å². The fourth-order valence-electron chi connectivity index (χ4n) is 2.89. The molecule has 0 unspecified atom stereocenters. The van der Waals surface area contributed by atoms with E-state index >= 15 is 0 Å². The van der Waals surface area contributed by atoms with Crippen molar-refractivity contribution in [3.63, 3.8) is 0 Å². The highest BCUT2D eigenvalue weighted by Crippen LogP contribution is 2.46. The van der Waals surface area contributed by atoms with Crippen molar-refractivity contribution in [1.29, 1.82) is 0 Å². The molecule has 1 N–H and O–H groups in total. The summed E-state index contributed by atoms with van der Waals surface area (Å²) in [7, 11) is 0. The molecule has 0 saturated heterocycles. The predicted octanol–water partition coefficient (Wildman–Crippen LogP) is 2.34. The summed E-state index contributed by atoms with van der Waals surface area (Å²) < 4.78 is 1.85. The first-order chi connectivity index (χ1) is 9.24. The van der Waals surface area contributed by atoms with Gasteiger partial charge in [0.25, 0.3) is 5.78 Å². The molecule has 2 aromatic heterocycles. The summed E-state index contributed by atoms with van der Waals surface area (Å²) in [6, 6.07) is 0.618. The van der Waals surface area contributed by atoms with Gasteiger partial charge in [-0.2, -0.15) is 14.6 Å². The van der Waals surface area contributed by atoms with Gasteiger partial charge in [0, 0.05) is 17.3 Å². The van der Waals surface area contributed by atoms with E-state index in [4.69, 9.17) is 0 Å². The molecule has 2 aliphatic rings. The Balaban J connectivity index is 1.76. The van der Waals surface area contributed by atoms with E-state index in [0.717, 1.165) is 23.3 Å². The Labute approximate surface area is 112 Å². The maximum atomic E-state index is 4.47. The molecule has 0 spiro atoms. The molecule has 5 nitrogen and oxygen atoms in total. The maximum absolute atomic E-state index is 4.47. The summed E-state index contributed by atoms with van der Waals surface area (Å²) in [4.78, 5) is 8.68. The van der Waals surface area contributed by atoms with E-state index in [9.17, 15) is 0 Å². The third-order valence-electron chi connectivity index (χ3n) is 4.47. The second-order valence-electron chi connectivity index (χ2n) is 5.99. The van der Waals surface area contributed by atoms with Gasteiger partial charge in [-0.3, -0.25) is 0 Å². The van der Waals surface area contributed by atoms with Crippen molar-refractivity contribution in [2.75, 3.05) is 5.32 Å². The molecule has 2 heterocycles. The van der Waals surface area contributed by atoms with Crippen LogP contribution in [0.1, 0.15) is 36.9 Å². The predicted molar refractivity (Wildman–Crippen MR) is 73.1 cm³/mol. The van der Waals surface area contributed by atoms with E-state index in [1.54, 1.807) is 6.33 Å². The highest BCUT2D eigenvalue weighted by molar-refractivity contribution is 5.52. The van der Waals surface area contributed by atoms with E-state index in [0.29, 0.717) is 11.8 Å². The molecule has 5 heteroatoms.